The zero-order chi connectivity index (χ0) is 19.6. The summed E-state index contributed by atoms with van der Waals surface area (Å²) in [5.41, 5.74) is 0.826. The standard InChI is InChI=1S/C17H18N4O5S2/c1-24-13-4-2-12(3-5-13)16-18-15(26-21-16)9-27-17-20-19-14(25-17)8-11-6-7-28(22,23)10-11/h2-5,11H,6-10H2,1H3. The maximum atomic E-state index is 11.5. The van der Waals surface area contributed by atoms with Gasteiger partial charge in [0.2, 0.25) is 17.6 Å². The predicted octanol–water partition coefficient (Wildman–Crippen LogP) is 2.40. The molecule has 0 bridgehead atoms. The van der Waals surface area contributed by atoms with Crippen molar-refractivity contribution in [1.82, 2.24) is 20.3 Å². The highest BCUT2D eigenvalue weighted by atomic mass is 32.2. The molecule has 4 rings (SSSR count). The Labute approximate surface area is 165 Å². The molecule has 11 heteroatoms. The molecule has 1 unspecified atom stereocenters. The van der Waals surface area contributed by atoms with Crippen molar-refractivity contribution in [2.45, 2.75) is 23.8 Å². The van der Waals surface area contributed by atoms with Gasteiger partial charge in [0.25, 0.3) is 5.22 Å². The fraction of sp³-hybridized carbons (Fsp3) is 0.412. The second-order valence-electron chi connectivity index (χ2n) is 6.46. The number of rotatable bonds is 7. The van der Waals surface area contributed by atoms with Crippen molar-refractivity contribution in [1.29, 1.82) is 0 Å². The molecule has 0 saturated carbocycles. The number of hydrogen-bond donors (Lipinski definition) is 0. The first kappa shape index (κ1) is 18.9. The minimum Gasteiger partial charge on any atom is -0.497 e. The second kappa shape index (κ2) is 7.92. The van der Waals surface area contributed by atoms with Gasteiger partial charge in [0.05, 0.1) is 24.4 Å². The van der Waals surface area contributed by atoms with E-state index < -0.39 is 9.84 Å². The van der Waals surface area contributed by atoms with Crippen molar-refractivity contribution in [2.24, 2.45) is 5.92 Å². The van der Waals surface area contributed by atoms with Crippen LogP contribution in [0.1, 0.15) is 18.2 Å². The van der Waals surface area contributed by atoms with Gasteiger partial charge >= 0.3 is 0 Å². The molecule has 1 atom stereocenters. The van der Waals surface area contributed by atoms with E-state index in [2.05, 4.69) is 20.3 Å². The number of nitrogens with zero attached hydrogens (tertiary/aromatic N) is 4. The first-order chi connectivity index (χ1) is 13.5. The van der Waals surface area contributed by atoms with Crippen LogP contribution in [-0.2, 0) is 22.0 Å². The van der Waals surface area contributed by atoms with E-state index in [-0.39, 0.29) is 17.4 Å². The van der Waals surface area contributed by atoms with Crippen molar-refractivity contribution in [3.63, 3.8) is 0 Å². The third-order valence-corrected chi connectivity index (χ3v) is 7.01. The molecule has 0 N–H and O–H groups in total. The highest BCUT2D eigenvalue weighted by Gasteiger charge is 2.29. The lowest BCUT2D eigenvalue weighted by Crippen LogP contribution is -2.07. The van der Waals surface area contributed by atoms with Crippen molar-refractivity contribution >= 4 is 21.6 Å². The van der Waals surface area contributed by atoms with Crippen LogP contribution in [0.5, 0.6) is 5.75 Å². The largest absolute Gasteiger partial charge is 0.497 e. The van der Waals surface area contributed by atoms with Crippen molar-refractivity contribution < 1.29 is 22.1 Å². The lowest BCUT2D eigenvalue weighted by molar-refractivity contribution is 0.383. The first-order valence-corrected chi connectivity index (χ1v) is 11.4. The summed E-state index contributed by atoms with van der Waals surface area (Å²) < 4.78 is 39.1. The number of thioether (sulfide) groups is 1. The Morgan fingerprint density at radius 3 is 2.75 bits per heavy atom. The molecular weight excluding hydrogens is 404 g/mol. The van der Waals surface area contributed by atoms with Gasteiger partial charge in [-0.15, -0.1) is 10.2 Å². The van der Waals surface area contributed by atoms with Crippen molar-refractivity contribution in [3.8, 4) is 17.1 Å². The summed E-state index contributed by atoms with van der Waals surface area (Å²) in [5.74, 6) is 3.01. The monoisotopic (exact) mass is 422 g/mol. The highest BCUT2D eigenvalue weighted by Crippen LogP contribution is 2.26. The fourth-order valence-electron chi connectivity index (χ4n) is 2.95. The predicted molar refractivity (Wildman–Crippen MR) is 101 cm³/mol. The molecule has 2 aromatic heterocycles. The van der Waals surface area contributed by atoms with Crippen LogP contribution < -0.4 is 4.74 Å². The van der Waals surface area contributed by atoms with E-state index in [0.717, 1.165) is 11.3 Å². The third kappa shape index (κ3) is 4.53. The number of methoxy groups -OCH3 is 1. The normalized spacial score (nSPS) is 18.4. The molecule has 1 aliphatic heterocycles. The number of ether oxygens (including phenoxy) is 1. The lowest BCUT2D eigenvalue weighted by Gasteiger charge is -2.01. The average Bonchev–Trinajstić information content (AvgIpc) is 3.41. The minimum absolute atomic E-state index is 0.0475. The molecule has 3 heterocycles. The summed E-state index contributed by atoms with van der Waals surface area (Å²) in [5, 5.41) is 12.4. The zero-order valence-corrected chi connectivity index (χ0v) is 16.7. The number of aromatic nitrogens is 4. The Kier molecular flexibility index (Phi) is 5.36. The fourth-order valence-corrected chi connectivity index (χ4v) is 5.43. The van der Waals surface area contributed by atoms with E-state index in [4.69, 9.17) is 13.7 Å². The van der Waals surface area contributed by atoms with E-state index in [1.807, 2.05) is 24.3 Å². The smallest absolute Gasteiger partial charge is 0.277 e. The molecule has 148 valence electrons. The molecular formula is C17H18N4O5S2. The summed E-state index contributed by atoms with van der Waals surface area (Å²) >= 11 is 1.29. The van der Waals surface area contributed by atoms with Gasteiger partial charge in [-0.05, 0) is 36.6 Å². The minimum atomic E-state index is -2.91. The number of hydrogen-bond acceptors (Lipinski definition) is 10. The second-order valence-corrected chi connectivity index (χ2v) is 9.62. The number of benzene rings is 1. The summed E-state index contributed by atoms with van der Waals surface area (Å²) in [7, 11) is -1.30. The molecule has 1 aliphatic rings. The van der Waals surface area contributed by atoms with Gasteiger partial charge in [-0.2, -0.15) is 4.98 Å². The topological polar surface area (TPSA) is 121 Å². The Bertz CT molecular complexity index is 1050. The highest BCUT2D eigenvalue weighted by molar-refractivity contribution is 7.98. The molecule has 0 radical (unpaired) electrons. The van der Waals surface area contributed by atoms with Crippen LogP contribution in [0, 0.1) is 5.92 Å². The van der Waals surface area contributed by atoms with Crippen molar-refractivity contribution in [3.05, 3.63) is 36.0 Å². The lowest BCUT2D eigenvalue weighted by atomic mass is 10.1. The van der Waals surface area contributed by atoms with Gasteiger partial charge in [0.15, 0.2) is 9.84 Å². The Balaban J connectivity index is 1.32. The molecule has 0 aliphatic carbocycles. The summed E-state index contributed by atoms with van der Waals surface area (Å²) in [6.07, 6.45) is 1.12. The molecule has 3 aromatic rings. The van der Waals surface area contributed by atoms with Gasteiger partial charge in [-0.1, -0.05) is 16.9 Å². The maximum Gasteiger partial charge on any atom is 0.277 e. The van der Waals surface area contributed by atoms with Gasteiger partial charge < -0.3 is 13.7 Å². The van der Waals surface area contributed by atoms with Crippen LogP contribution in [0.15, 0.2) is 38.4 Å². The Morgan fingerprint density at radius 2 is 2.04 bits per heavy atom. The third-order valence-electron chi connectivity index (χ3n) is 4.37. The maximum absolute atomic E-state index is 11.5. The van der Waals surface area contributed by atoms with Crippen LogP contribution in [0.2, 0.25) is 0 Å². The Hall–Kier alpha value is -2.40. The van der Waals surface area contributed by atoms with Crippen molar-refractivity contribution in [2.75, 3.05) is 18.6 Å². The van der Waals surface area contributed by atoms with Gasteiger partial charge in [-0.25, -0.2) is 8.42 Å². The molecule has 1 saturated heterocycles. The summed E-state index contributed by atoms with van der Waals surface area (Å²) in [4.78, 5) is 4.36. The average molecular weight is 422 g/mol. The molecule has 1 aromatic carbocycles. The van der Waals surface area contributed by atoms with Gasteiger partial charge in [-0.3, -0.25) is 0 Å². The van der Waals surface area contributed by atoms with Crippen LogP contribution >= 0.6 is 11.8 Å². The van der Waals surface area contributed by atoms with E-state index in [1.54, 1.807) is 7.11 Å². The van der Waals surface area contributed by atoms with Crippen LogP contribution in [0.4, 0.5) is 0 Å². The quantitative estimate of drug-likeness (QED) is 0.525. The van der Waals surface area contributed by atoms with Gasteiger partial charge in [0.1, 0.15) is 5.75 Å². The molecule has 28 heavy (non-hydrogen) atoms. The Morgan fingerprint density at radius 1 is 1.21 bits per heavy atom. The van der Waals surface area contributed by atoms with Gasteiger partial charge in [0, 0.05) is 12.0 Å². The zero-order valence-electron chi connectivity index (χ0n) is 15.1. The van der Waals surface area contributed by atoms with Crippen LogP contribution in [0.3, 0.4) is 0 Å². The van der Waals surface area contributed by atoms with E-state index in [0.29, 0.717) is 41.4 Å². The summed E-state index contributed by atoms with van der Waals surface area (Å²) in [6.45, 7) is 0. The SMILES string of the molecule is COc1ccc(-c2noc(CSc3nnc(CC4CCS(=O)(=O)C4)o3)n2)cc1. The molecule has 0 spiro atoms. The van der Waals surface area contributed by atoms with E-state index in [9.17, 15) is 8.42 Å². The molecule has 9 nitrogen and oxygen atoms in total. The number of sulfone groups is 1. The first-order valence-electron chi connectivity index (χ1n) is 8.63. The molecule has 0 amide bonds. The van der Waals surface area contributed by atoms with E-state index in [1.165, 1.54) is 11.8 Å². The van der Waals surface area contributed by atoms with E-state index >= 15 is 0 Å². The molecule has 1 fully saturated rings. The van der Waals surface area contributed by atoms with Crippen LogP contribution in [-0.4, -0.2) is 47.4 Å². The van der Waals surface area contributed by atoms with Crippen LogP contribution in [0.25, 0.3) is 11.4 Å². The summed E-state index contributed by atoms with van der Waals surface area (Å²) in [6, 6.07) is 7.37.